The van der Waals surface area contributed by atoms with Gasteiger partial charge in [-0.2, -0.15) is 0 Å². The first-order valence-electron chi connectivity index (χ1n) is 8.47. The van der Waals surface area contributed by atoms with Gasteiger partial charge in [0.1, 0.15) is 0 Å². The third kappa shape index (κ3) is 26.0. The van der Waals surface area contributed by atoms with E-state index >= 15 is 0 Å². The molecule has 2 N–H and O–H groups in total. The molecule has 0 bridgehead atoms. The molecular weight excluding hydrogens is 476 g/mol. The molecule has 10 nitrogen and oxygen atoms in total. The first-order chi connectivity index (χ1) is 12.4. The van der Waals surface area contributed by atoms with E-state index < -0.39 is 53.7 Å². The maximum absolute atomic E-state index is 9.00. The number of aliphatic carboxylic acids is 2. The second-order valence-corrected chi connectivity index (χ2v) is 13.2. The second kappa shape index (κ2) is 19.3. The van der Waals surface area contributed by atoms with Crippen LogP contribution in [0.25, 0.3) is 0 Å². The minimum absolute atomic E-state index is 0.577. The monoisotopic (exact) mass is 508 g/mol. The summed E-state index contributed by atoms with van der Waals surface area (Å²) in [6, 6.07) is 0. The van der Waals surface area contributed by atoms with Crippen LogP contribution in [0.2, 0.25) is 13.1 Å². The molecule has 0 radical (unpaired) electrons. The van der Waals surface area contributed by atoms with Crippen molar-refractivity contribution in [2.24, 2.45) is 0 Å². The van der Waals surface area contributed by atoms with Crippen LogP contribution in [0, 0.1) is 0 Å². The zero-order valence-corrected chi connectivity index (χ0v) is 21.9. The van der Waals surface area contributed by atoms with Gasteiger partial charge >= 0.3 is 132 Å². The van der Waals surface area contributed by atoms with Gasteiger partial charge in [0.2, 0.25) is 0 Å². The van der Waals surface area contributed by atoms with Gasteiger partial charge in [-0.25, -0.2) is 0 Å². The summed E-state index contributed by atoms with van der Waals surface area (Å²) in [5.41, 5.74) is 0. The Kier molecular flexibility index (Phi) is 22.7. The topological polar surface area (TPSA) is 130 Å². The van der Waals surface area contributed by atoms with Crippen molar-refractivity contribution >= 4 is 29.5 Å². The summed E-state index contributed by atoms with van der Waals surface area (Å²) in [7, 11) is -5.07. The van der Waals surface area contributed by atoms with Crippen LogP contribution in [-0.2, 0) is 56.4 Å². The van der Waals surface area contributed by atoms with Gasteiger partial charge in [-0.3, -0.25) is 9.59 Å². The van der Waals surface area contributed by atoms with Gasteiger partial charge in [0.15, 0.2) is 0 Å². The Morgan fingerprint density at radius 2 is 0.889 bits per heavy atom. The fourth-order valence-electron chi connectivity index (χ4n) is 1.42. The van der Waals surface area contributed by atoms with Crippen molar-refractivity contribution in [2.45, 2.75) is 54.6 Å². The molecule has 0 amide bonds. The third-order valence-electron chi connectivity index (χ3n) is 2.08. The Labute approximate surface area is 177 Å². The van der Waals surface area contributed by atoms with Crippen molar-refractivity contribution in [3.05, 3.63) is 0 Å². The predicted molar refractivity (Wildman–Crippen MR) is 98.5 cm³/mol. The number of carboxylic acid groups (broad SMARTS) is 2. The SMILES string of the molecule is CC(=O)O.CC(=O)O.CCO[Si](C)(OCC)[O][Zr][O][Si](C)(OCC)OCC. The molecular formula is C14H34O10Si2Zr. The number of hydrogen-bond acceptors (Lipinski definition) is 8. The summed E-state index contributed by atoms with van der Waals surface area (Å²) in [6.07, 6.45) is 0. The molecule has 0 aliphatic rings. The number of rotatable bonds is 12. The first kappa shape index (κ1) is 31.7. The van der Waals surface area contributed by atoms with Gasteiger partial charge in [-0.05, 0) is 0 Å². The van der Waals surface area contributed by atoms with E-state index in [0.717, 1.165) is 13.8 Å². The molecule has 0 aliphatic carbocycles. The van der Waals surface area contributed by atoms with E-state index in [1.807, 2.05) is 40.8 Å². The summed E-state index contributed by atoms with van der Waals surface area (Å²) < 4.78 is 34.0. The molecule has 27 heavy (non-hydrogen) atoms. The second-order valence-electron chi connectivity index (χ2n) is 4.78. The Morgan fingerprint density at radius 1 is 0.704 bits per heavy atom. The molecule has 162 valence electrons. The Hall–Kier alpha value is 0.0169. The summed E-state index contributed by atoms with van der Waals surface area (Å²) in [4.78, 5) is 18.0. The van der Waals surface area contributed by atoms with Crippen LogP contribution in [0.3, 0.4) is 0 Å². The first-order valence-corrected chi connectivity index (χ1v) is 14.9. The van der Waals surface area contributed by atoms with E-state index in [1.54, 1.807) is 0 Å². The summed E-state index contributed by atoms with van der Waals surface area (Å²) in [6.45, 7) is 16.0. The van der Waals surface area contributed by atoms with Crippen molar-refractivity contribution < 1.29 is 66.6 Å². The Balaban J connectivity index is -0.000000603. The molecule has 0 aliphatic heterocycles. The number of carbonyl (C=O) groups is 2. The minimum atomic E-state index is -2.53. The summed E-state index contributed by atoms with van der Waals surface area (Å²) in [5, 5.41) is 14.8. The van der Waals surface area contributed by atoms with E-state index in [4.69, 9.17) is 42.5 Å². The molecule has 0 aromatic rings. The van der Waals surface area contributed by atoms with Crippen LogP contribution in [0.1, 0.15) is 41.5 Å². The predicted octanol–water partition coefficient (Wildman–Crippen LogP) is 2.40. The quantitative estimate of drug-likeness (QED) is 0.378. The average molecular weight is 510 g/mol. The van der Waals surface area contributed by atoms with Gasteiger partial charge in [-0.1, -0.05) is 0 Å². The maximum atomic E-state index is 9.00. The van der Waals surface area contributed by atoms with Crippen molar-refractivity contribution in [3.8, 4) is 0 Å². The fraction of sp³-hybridized carbons (Fsp3) is 0.857. The van der Waals surface area contributed by atoms with Crippen LogP contribution in [0.4, 0.5) is 0 Å². The fourth-order valence-corrected chi connectivity index (χ4v) is 9.28. The van der Waals surface area contributed by atoms with Gasteiger partial charge in [0.05, 0.1) is 0 Å². The molecule has 0 spiro atoms. The van der Waals surface area contributed by atoms with E-state index in [0.29, 0.717) is 26.4 Å². The molecule has 0 aromatic carbocycles. The van der Waals surface area contributed by atoms with Crippen molar-refractivity contribution in [1.82, 2.24) is 0 Å². The van der Waals surface area contributed by atoms with Crippen LogP contribution >= 0.6 is 0 Å². The molecule has 0 rings (SSSR count). The standard InChI is InChI=1S/2C5H13O3Si.2C2H4O2.Zr/c2*1-4-7-9(3,6)8-5-2;2*1-2(3)4;/h2*4-5H2,1-3H3;2*1H3,(H,3,4);/q2*-1;;;+2. The van der Waals surface area contributed by atoms with Crippen LogP contribution in [0.5, 0.6) is 0 Å². The molecule has 0 saturated heterocycles. The van der Waals surface area contributed by atoms with Gasteiger partial charge in [0.25, 0.3) is 11.9 Å². The van der Waals surface area contributed by atoms with E-state index in [2.05, 4.69) is 0 Å². The number of carboxylic acids is 2. The molecule has 13 heteroatoms. The van der Waals surface area contributed by atoms with E-state index in [9.17, 15) is 0 Å². The van der Waals surface area contributed by atoms with Gasteiger partial charge in [-0.15, -0.1) is 0 Å². The number of hydrogen-bond donors (Lipinski definition) is 2. The van der Waals surface area contributed by atoms with Crippen LogP contribution in [-0.4, -0.2) is 66.2 Å². The molecule has 0 aromatic heterocycles. The summed E-state index contributed by atoms with van der Waals surface area (Å²) >= 11 is -1.55. The zero-order valence-electron chi connectivity index (χ0n) is 17.5. The van der Waals surface area contributed by atoms with Crippen LogP contribution < -0.4 is 0 Å². The van der Waals surface area contributed by atoms with Gasteiger partial charge in [0, 0.05) is 13.8 Å². The van der Waals surface area contributed by atoms with Crippen LogP contribution in [0.15, 0.2) is 0 Å². The third-order valence-corrected chi connectivity index (χ3v) is 12.9. The molecule has 0 saturated carbocycles. The molecule has 0 unspecified atom stereocenters. The van der Waals surface area contributed by atoms with Crippen molar-refractivity contribution in [3.63, 3.8) is 0 Å². The van der Waals surface area contributed by atoms with Crippen molar-refractivity contribution in [1.29, 1.82) is 0 Å². The Bertz CT molecular complexity index is 333. The normalized spacial score (nSPS) is 10.8. The Morgan fingerprint density at radius 3 is 1.04 bits per heavy atom. The molecule has 0 fully saturated rings. The average Bonchev–Trinajstić information content (AvgIpc) is 2.46. The van der Waals surface area contributed by atoms with Gasteiger partial charge < -0.3 is 10.2 Å². The molecule has 0 atom stereocenters. The zero-order chi connectivity index (χ0) is 21.9. The van der Waals surface area contributed by atoms with E-state index in [-0.39, 0.29) is 0 Å². The van der Waals surface area contributed by atoms with E-state index in [1.165, 1.54) is 0 Å². The van der Waals surface area contributed by atoms with Crippen molar-refractivity contribution in [2.75, 3.05) is 26.4 Å². The molecule has 0 heterocycles. The summed E-state index contributed by atoms with van der Waals surface area (Å²) in [5.74, 6) is -1.67.